The fourth-order valence-corrected chi connectivity index (χ4v) is 3.43. The first-order valence-electron chi connectivity index (χ1n) is 4.79. The smallest absolute Gasteiger partial charge is 0.147 e. The Kier molecular flexibility index (Phi) is 4.75. The summed E-state index contributed by atoms with van der Waals surface area (Å²) >= 11 is 13.3. The fourth-order valence-electron chi connectivity index (χ4n) is 1.28. The lowest BCUT2D eigenvalue weighted by Crippen LogP contribution is -1.87. The number of phenolic OH excluding ortho intramolecular Hbond substituents is 1. The molecule has 6 heteroatoms. The first kappa shape index (κ1) is 14.4. The molecule has 0 fully saturated rings. The van der Waals surface area contributed by atoms with Crippen molar-refractivity contribution in [3.63, 3.8) is 0 Å². The van der Waals surface area contributed by atoms with Crippen molar-refractivity contribution in [1.82, 2.24) is 0 Å². The van der Waals surface area contributed by atoms with Crippen LogP contribution in [0.4, 0.5) is 0 Å². The molecular formula is C12H6Br4O2. The molecule has 0 unspecified atom stereocenters. The molecule has 0 bridgehead atoms. The van der Waals surface area contributed by atoms with Gasteiger partial charge in [-0.05, 0) is 78.1 Å². The van der Waals surface area contributed by atoms with Crippen molar-refractivity contribution in [2.24, 2.45) is 0 Å². The van der Waals surface area contributed by atoms with Gasteiger partial charge >= 0.3 is 0 Å². The maximum atomic E-state index is 9.79. The van der Waals surface area contributed by atoms with E-state index in [2.05, 4.69) is 63.7 Å². The maximum absolute atomic E-state index is 9.79. The van der Waals surface area contributed by atoms with Crippen LogP contribution in [0.25, 0.3) is 0 Å². The highest BCUT2D eigenvalue weighted by Gasteiger charge is 2.12. The van der Waals surface area contributed by atoms with Gasteiger partial charge in [-0.25, -0.2) is 0 Å². The van der Waals surface area contributed by atoms with Crippen molar-refractivity contribution in [3.8, 4) is 17.2 Å². The summed E-state index contributed by atoms with van der Waals surface area (Å²) in [6.45, 7) is 0. The van der Waals surface area contributed by atoms with Gasteiger partial charge in [0.1, 0.15) is 21.7 Å². The molecule has 0 aliphatic rings. The molecule has 0 saturated heterocycles. The van der Waals surface area contributed by atoms with Gasteiger partial charge in [0.05, 0.1) is 8.95 Å². The topological polar surface area (TPSA) is 29.5 Å². The molecule has 0 saturated carbocycles. The van der Waals surface area contributed by atoms with Gasteiger partial charge in [-0.15, -0.1) is 0 Å². The third-order valence-electron chi connectivity index (χ3n) is 2.15. The molecule has 2 aromatic rings. The lowest BCUT2D eigenvalue weighted by atomic mass is 10.3. The number of phenols is 1. The number of halogens is 4. The third kappa shape index (κ3) is 3.10. The summed E-state index contributed by atoms with van der Waals surface area (Å²) in [5, 5.41) is 9.79. The SMILES string of the molecule is Oc1c(Br)ccc(Oc2ccc(Br)cc2Br)c1Br. The van der Waals surface area contributed by atoms with Crippen LogP contribution in [0.3, 0.4) is 0 Å². The Morgan fingerprint density at radius 1 is 0.833 bits per heavy atom. The van der Waals surface area contributed by atoms with E-state index in [1.54, 1.807) is 12.1 Å². The van der Waals surface area contributed by atoms with Gasteiger partial charge in [0, 0.05) is 4.47 Å². The van der Waals surface area contributed by atoms with Crippen LogP contribution in [0.15, 0.2) is 48.2 Å². The third-order valence-corrected chi connectivity index (χ3v) is 4.66. The van der Waals surface area contributed by atoms with E-state index in [0.29, 0.717) is 20.4 Å². The van der Waals surface area contributed by atoms with Crippen LogP contribution >= 0.6 is 63.7 Å². The summed E-state index contributed by atoms with van der Waals surface area (Å²) in [6, 6.07) is 9.10. The Morgan fingerprint density at radius 3 is 2.17 bits per heavy atom. The molecule has 0 atom stereocenters. The molecule has 0 aliphatic carbocycles. The first-order chi connectivity index (χ1) is 8.49. The van der Waals surface area contributed by atoms with Crippen LogP contribution in [0.2, 0.25) is 0 Å². The molecule has 0 spiro atoms. The van der Waals surface area contributed by atoms with Crippen LogP contribution in [0.1, 0.15) is 0 Å². The normalized spacial score (nSPS) is 10.4. The fraction of sp³-hybridized carbons (Fsp3) is 0. The van der Waals surface area contributed by atoms with Gasteiger partial charge in [0.2, 0.25) is 0 Å². The quantitative estimate of drug-likeness (QED) is 0.528. The Hall–Kier alpha value is -0.0400. The van der Waals surface area contributed by atoms with E-state index in [0.717, 1.165) is 8.95 Å². The Bertz CT molecular complexity index is 599. The van der Waals surface area contributed by atoms with Gasteiger partial charge in [-0.2, -0.15) is 0 Å². The van der Waals surface area contributed by atoms with E-state index >= 15 is 0 Å². The lowest BCUT2D eigenvalue weighted by Gasteiger charge is -2.11. The van der Waals surface area contributed by atoms with Crippen molar-refractivity contribution in [3.05, 3.63) is 48.2 Å². The monoisotopic (exact) mass is 498 g/mol. The van der Waals surface area contributed by atoms with Crippen molar-refractivity contribution in [2.75, 3.05) is 0 Å². The highest BCUT2D eigenvalue weighted by molar-refractivity contribution is 9.11. The largest absolute Gasteiger partial charge is 0.505 e. The van der Waals surface area contributed by atoms with Crippen molar-refractivity contribution in [2.45, 2.75) is 0 Å². The molecule has 2 nitrogen and oxygen atoms in total. The van der Waals surface area contributed by atoms with E-state index in [1.807, 2.05) is 18.2 Å². The van der Waals surface area contributed by atoms with E-state index < -0.39 is 0 Å². The predicted molar refractivity (Wildman–Crippen MR) is 85.4 cm³/mol. The molecule has 0 amide bonds. The van der Waals surface area contributed by atoms with Crippen LogP contribution in [-0.4, -0.2) is 5.11 Å². The minimum Gasteiger partial charge on any atom is -0.505 e. The summed E-state index contributed by atoms with van der Waals surface area (Å²) in [5.74, 6) is 1.32. The van der Waals surface area contributed by atoms with E-state index in [9.17, 15) is 5.11 Å². The maximum Gasteiger partial charge on any atom is 0.147 e. The molecule has 18 heavy (non-hydrogen) atoms. The molecule has 0 aliphatic heterocycles. The van der Waals surface area contributed by atoms with Gasteiger partial charge in [-0.3, -0.25) is 0 Å². The second kappa shape index (κ2) is 5.94. The van der Waals surface area contributed by atoms with Crippen LogP contribution < -0.4 is 4.74 Å². The molecular weight excluding hydrogens is 496 g/mol. The highest BCUT2D eigenvalue weighted by atomic mass is 79.9. The van der Waals surface area contributed by atoms with Gasteiger partial charge in [0.15, 0.2) is 0 Å². The number of hydrogen-bond acceptors (Lipinski definition) is 2. The van der Waals surface area contributed by atoms with Crippen LogP contribution in [-0.2, 0) is 0 Å². The molecule has 0 radical (unpaired) electrons. The molecule has 2 aromatic carbocycles. The van der Waals surface area contributed by atoms with Crippen molar-refractivity contribution < 1.29 is 9.84 Å². The lowest BCUT2D eigenvalue weighted by molar-refractivity contribution is 0.446. The van der Waals surface area contributed by atoms with Gasteiger partial charge in [0.25, 0.3) is 0 Å². The number of ether oxygens (including phenoxy) is 1. The average molecular weight is 502 g/mol. The first-order valence-corrected chi connectivity index (χ1v) is 7.96. The zero-order chi connectivity index (χ0) is 13.3. The van der Waals surface area contributed by atoms with E-state index in [-0.39, 0.29) is 5.75 Å². The second-order valence-electron chi connectivity index (χ2n) is 3.38. The van der Waals surface area contributed by atoms with E-state index in [1.165, 1.54) is 0 Å². The van der Waals surface area contributed by atoms with E-state index in [4.69, 9.17) is 4.74 Å². The molecule has 94 valence electrons. The van der Waals surface area contributed by atoms with Gasteiger partial charge in [-0.1, -0.05) is 15.9 Å². The zero-order valence-corrected chi connectivity index (χ0v) is 15.1. The van der Waals surface area contributed by atoms with Crippen molar-refractivity contribution >= 4 is 63.7 Å². The molecule has 2 rings (SSSR count). The van der Waals surface area contributed by atoms with Crippen molar-refractivity contribution in [1.29, 1.82) is 0 Å². The van der Waals surface area contributed by atoms with Crippen LogP contribution in [0.5, 0.6) is 17.2 Å². The molecule has 0 aromatic heterocycles. The number of hydrogen-bond donors (Lipinski definition) is 1. The minimum atomic E-state index is 0.112. The molecule has 0 heterocycles. The standard InChI is InChI=1S/C12H6Br4O2/c13-6-1-3-9(8(15)5-6)18-10-4-2-7(14)12(17)11(10)16/h1-5,17H. The Morgan fingerprint density at radius 2 is 1.50 bits per heavy atom. The van der Waals surface area contributed by atoms with Gasteiger partial charge < -0.3 is 9.84 Å². The molecule has 1 N–H and O–H groups in total. The summed E-state index contributed by atoms with van der Waals surface area (Å²) in [6.07, 6.45) is 0. The minimum absolute atomic E-state index is 0.112. The Labute approximate surface area is 138 Å². The number of rotatable bonds is 2. The van der Waals surface area contributed by atoms with Crippen LogP contribution in [0, 0.1) is 0 Å². The second-order valence-corrected chi connectivity index (χ2v) is 6.80. The number of benzene rings is 2. The number of aromatic hydroxyl groups is 1. The summed E-state index contributed by atoms with van der Waals surface area (Å²) in [7, 11) is 0. The summed E-state index contributed by atoms with van der Waals surface area (Å²) in [5.41, 5.74) is 0. The average Bonchev–Trinajstić information content (AvgIpc) is 2.33. The Balaban J connectivity index is 2.37. The summed E-state index contributed by atoms with van der Waals surface area (Å²) in [4.78, 5) is 0. The zero-order valence-electron chi connectivity index (χ0n) is 8.75. The predicted octanol–water partition coefficient (Wildman–Crippen LogP) is 6.23. The summed E-state index contributed by atoms with van der Waals surface area (Å²) < 4.78 is 8.63. The highest BCUT2D eigenvalue weighted by Crippen LogP contribution is 2.42.